The quantitative estimate of drug-likeness (QED) is 0.640. The Labute approximate surface area is 99.8 Å². The number of para-hydroxylation sites is 1. The standard InChI is InChI=1S/C12H7BrN2O/c13-10-3-1-2-8-4-5-11-14-9(7-16)6-15(11)12(8)10/h1-7H. The van der Waals surface area contributed by atoms with E-state index in [4.69, 9.17) is 0 Å². The van der Waals surface area contributed by atoms with Crippen molar-refractivity contribution in [2.24, 2.45) is 0 Å². The highest BCUT2D eigenvalue weighted by Gasteiger charge is 2.06. The number of benzene rings is 1. The second-order valence-corrected chi connectivity index (χ2v) is 4.38. The van der Waals surface area contributed by atoms with Gasteiger partial charge in [-0.05, 0) is 39.5 Å². The van der Waals surface area contributed by atoms with Crippen LogP contribution in [0.1, 0.15) is 10.5 Å². The number of aromatic nitrogens is 2. The Kier molecular flexibility index (Phi) is 2.04. The Morgan fingerprint density at radius 2 is 2.12 bits per heavy atom. The number of pyridine rings is 1. The summed E-state index contributed by atoms with van der Waals surface area (Å²) in [6, 6.07) is 9.89. The molecule has 4 heteroatoms. The molecule has 0 bridgehead atoms. The first-order valence-electron chi connectivity index (χ1n) is 4.81. The molecule has 0 aliphatic heterocycles. The van der Waals surface area contributed by atoms with E-state index in [0.29, 0.717) is 5.69 Å². The molecule has 1 aromatic carbocycles. The number of carbonyl (C=O) groups is 1. The zero-order chi connectivity index (χ0) is 11.1. The average Bonchev–Trinajstić information content (AvgIpc) is 2.72. The normalized spacial score (nSPS) is 11.1. The van der Waals surface area contributed by atoms with Crippen LogP contribution in [0.25, 0.3) is 16.6 Å². The number of imidazole rings is 1. The average molecular weight is 275 g/mol. The van der Waals surface area contributed by atoms with Gasteiger partial charge in [-0.3, -0.25) is 9.20 Å². The van der Waals surface area contributed by atoms with E-state index in [-0.39, 0.29) is 0 Å². The van der Waals surface area contributed by atoms with E-state index < -0.39 is 0 Å². The summed E-state index contributed by atoms with van der Waals surface area (Å²) in [6.07, 6.45) is 2.51. The van der Waals surface area contributed by atoms with Gasteiger partial charge in [0, 0.05) is 10.7 Å². The van der Waals surface area contributed by atoms with Crippen LogP contribution in [0.3, 0.4) is 0 Å². The molecule has 0 aliphatic carbocycles. The number of carbonyl (C=O) groups excluding carboxylic acids is 1. The van der Waals surface area contributed by atoms with Gasteiger partial charge in [-0.1, -0.05) is 12.1 Å². The highest BCUT2D eigenvalue weighted by atomic mass is 79.9. The van der Waals surface area contributed by atoms with E-state index >= 15 is 0 Å². The first-order valence-corrected chi connectivity index (χ1v) is 5.60. The molecular weight excluding hydrogens is 268 g/mol. The molecule has 0 atom stereocenters. The number of hydrogen-bond donors (Lipinski definition) is 0. The molecule has 2 aromatic heterocycles. The monoisotopic (exact) mass is 274 g/mol. The number of nitrogens with zero attached hydrogens (tertiary/aromatic N) is 2. The van der Waals surface area contributed by atoms with Gasteiger partial charge in [-0.25, -0.2) is 4.98 Å². The summed E-state index contributed by atoms with van der Waals surface area (Å²) in [4.78, 5) is 14.9. The first-order chi connectivity index (χ1) is 7.79. The molecule has 0 saturated heterocycles. The van der Waals surface area contributed by atoms with Crippen LogP contribution in [-0.4, -0.2) is 15.7 Å². The number of fused-ring (bicyclic) bond motifs is 3. The van der Waals surface area contributed by atoms with Crippen LogP contribution in [0, 0.1) is 0 Å². The van der Waals surface area contributed by atoms with Gasteiger partial charge in [0.15, 0.2) is 6.29 Å². The summed E-state index contributed by atoms with van der Waals surface area (Å²) in [5.74, 6) is 0. The molecule has 3 nitrogen and oxygen atoms in total. The maximum absolute atomic E-state index is 10.7. The summed E-state index contributed by atoms with van der Waals surface area (Å²) in [6.45, 7) is 0. The van der Waals surface area contributed by atoms with Gasteiger partial charge in [0.2, 0.25) is 0 Å². The minimum atomic E-state index is 0.447. The number of aldehydes is 1. The summed E-state index contributed by atoms with van der Waals surface area (Å²) >= 11 is 3.51. The fourth-order valence-electron chi connectivity index (χ4n) is 1.85. The first kappa shape index (κ1) is 9.54. The molecule has 0 aliphatic rings. The fraction of sp³-hybridized carbons (Fsp3) is 0. The lowest BCUT2D eigenvalue weighted by Crippen LogP contribution is -1.87. The van der Waals surface area contributed by atoms with Gasteiger partial charge in [-0.15, -0.1) is 0 Å². The molecule has 0 saturated carbocycles. The van der Waals surface area contributed by atoms with Crippen molar-refractivity contribution in [1.82, 2.24) is 9.38 Å². The van der Waals surface area contributed by atoms with Gasteiger partial charge >= 0.3 is 0 Å². The molecule has 0 N–H and O–H groups in total. The number of halogens is 1. The molecule has 16 heavy (non-hydrogen) atoms. The summed E-state index contributed by atoms with van der Waals surface area (Å²) in [7, 11) is 0. The number of hydrogen-bond acceptors (Lipinski definition) is 2. The highest BCUT2D eigenvalue weighted by Crippen LogP contribution is 2.24. The Morgan fingerprint density at radius 3 is 2.94 bits per heavy atom. The van der Waals surface area contributed by atoms with Crippen molar-refractivity contribution in [3.8, 4) is 0 Å². The van der Waals surface area contributed by atoms with Crippen molar-refractivity contribution < 1.29 is 4.79 Å². The SMILES string of the molecule is O=Cc1cn2c(ccc3cccc(Br)c32)n1. The van der Waals surface area contributed by atoms with Crippen molar-refractivity contribution in [3.05, 3.63) is 46.7 Å². The molecule has 2 heterocycles. The predicted octanol–water partition coefficient (Wildman–Crippen LogP) is 3.06. The minimum Gasteiger partial charge on any atom is -0.298 e. The Balaban J connectivity index is 2.56. The lowest BCUT2D eigenvalue weighted by molar-refractivity contribution is 0.111. The van der Waals surface area contributed by atoms with Crippen molar-refractivity contribution in [2.75, 3.05) is 0 Å². The van der Waals surface area contributed by atoms with Crippen LogP contribution >= 0.6 is 15.9 Å². The van der Waals surface area contributed by atoms with E-state index in [9.17, 15) is 4.79 Å². The molecular formula is C12H7BrN2O. The summed E-state index contributed by atoms with van der Waals surface area (Å²) in [5, 5.41) is 1.11. The molecule has 0 spiro atoms. The van der Waals surface area contributed by atoms with Gasteiger partial charge in [0.25, 0.3) is 0 Å². The molecule has 0 unspecified atom stereocenters. The van der Waals surface area contributed by atoms with E-state index in [1.807, 2.05) is 34.7 Å². The van der Waals surface area contributed by atoms with Crippen LogP contribution in [-0.2, 0) is 0 Å². The largest absolute Gasteiger partial charge is 0.298 e. The second kappa shape index (κ2) is 3.42. The van der Waals surface area contributed by atoms with Crippen LogP contribution < -0.4 is 0 Å². The molecule has 78 valence electrons. The zero-order valence-electron chi connectivity index (χ0n) is 8.22. The second-order valence-electron chi connectivity index (χ2n) is 3.52. The lowest BCUT2D eigenvalue weighted by atomic mass is 10.2. The highest BCUT2D eigenvalue weighted by molar-refractivity contribution is 9.10. The van der Waals surface area contributed by atoms with E-state index in [1.54, 1.807) is 6.20 Å². The van der Waals surface area contributed by atoms with E-state index in [0.717, 1.165) is 27.3 Å². The Hall–Kier alpha value is -1.68. The summed E-state index contributed by atoms with van der Waals surface area (Å²) in [5.41, 5.74) is 2.25. The van der Waals surface area contributed by atoms with Gasteiger partial charge in [0.05, 0.1) is 5.52 Å². The molecule has 0 fully saturated rings. The van der Waals surface area contributed by atoms with Crippen LogP contribution in [0.2, 0.25) is 0 Å². The molecule has 0 radical (unpaired) electrons. The zero-order valence-corrected chi connectivity index (χ0v) is 9.81. The minimum absolute atomic E-state index is 0.447. The van der Waals surface area contributed by atoms with Crippen molar-refractivity contribution in [1.29, 1.82) is 0 Å². The third-order valence-corrected chi connectivity index (χ3v) is 3.18. The Morgan fingerprint density at radius 1 is 1.25 bits per heavy atom. The van der Waals surface area contributed by atoms with Crippen molar-refractivity contribution >= 4 is 38.8 Å². The van der Waals surface area contributed by atoms with Crippen molar-refractivity contribution in [3.63, 3.8) is 0 Å². The maximum Gasteiger partial charge on any atom is 0.170 e. The van der Waals surface area contributed by atoms with E-state index in [2.05, 4.69) is 20.9 Å². The Bertz CT molecular complexity index is 703. The van der Waals surface area contributed by atoms with Gasteiger partial charge in [0.1, 0.15) is 11.3 Å². The van der Waals surface area contributed by atoms with Crippen molar-refractivity contribution in [2.45, 2.75) is 0 Å². The third kappa shape index (κ3) is 1.27. The third-order valence-electron chi connectivity index (χ3n) is 2.54. The van der Waals surface area contributed by atoms with Gasteiger partial charge < -0.3 is 0 Å². The topological polar surface area (TPSA) is 34.4 Å². The molecule has 3 aromatic rings. The molecule has 0 amide bonds. The van der Waals surface area contributed by atoms with Crippen LogP contribution in [0.15, 0.2) is 41.0 Å². The smallest absolute Gasteiger partial charge is 0.170 e. The van der Waals surface area contributed by atoms with E-state index in [1.165, 1.54) is 0 Å². The number of rotatable bonds is 1. The van der Waals surface area contributed by atoms with Crippen LogP contribution in [0.4, 0.5) is 0 Å². The summed E-state index contributed by atoms with van der Waals surface area (Å²) < 4.78 is 2.91. The predicted molar refractivity (Wildman–Crippen MR) is 65.8 cm³/mol. The fourth-order valence-corrected chi connectivity index (χ4v) is 2.42. The maximum atomic E-state index is 10.7. The van der Waals surface area contributed by atoms with Crippen LogP contribution in [0.5, 0.6) is 0 Å². The molecule has 3 rings (SSSR count). The van der Waals surface area contributed by atoms with Gasteiger partial charge in [-0.2, -0.15) is 0 Å². The lowest BCUT2D eigenvalue weighted by Gasteiger charge is -2.03.